The van der Waals surface area contributed by atoms with E-state index in [4.69, 9.17) is 9.15 Å². The summed E-state index contributed by atoms with van der Waals surface area (Å²) in [5.41, 5.74) is 2.41. The molecule has 3 fully saturated rings. The average molecular weight is 311 g/mol. The highest BCUT2D eigenvalue weighted by Gasteiger charge is 2.49. The first kappa shape index (κ1) is 13.9. The number of hydrogen-bond acceptors (Lipinski definition) is 3. The summed E-state index contributed by atoms with van der Waals surface area (Å²) in [7, 11) is 1.74. The third-order valence-corrected chi connectivity index (χ3v) is 6.58. The lowest BCUT2D eigenvalue weighted by atomic mass is 9.65. The smallest absolute Gasteiger partial charge is 0.176 e. The highest BCUT2D eigenvalue weighted by Crippen LogP contribution is 2.52. The van der Waals surface area contributed by atoms with Gasteiger partial charge in [-0.25, -0.2) is 0 Å². The second-order valence-corrected chi connectivity index (χ2v) is 7.63. The Labute approximate surface area is 137 Å². The predicted octanol–water partition coefficient (Wildman–Crippen LogP) is 4.20. The summed E-state index contributed by atoms with van der Waals surface area (Å²) < 4.78 is 12.0. The minimum Gasteiger partial charge on any atom is -0.493 e. The van der Waals surface area contributed by atoms with E-state index in [1.807, 2.05) is 6.07 Å². The van der Waals surface area contributed by atoms with E-state index >= 15 is 0 Å². The van der Waals surface area contributed by atoms with E-state index in [2.05, 4.69) is 24.0 Å². The first-order valence-electron chi connectivity index (χ1n) is 9.12. The van der Waals surface area contributed by atoms with E-state index in [1.165, 1.54) is 49.1 Å². The van der Waals surface area contributed by atoms with Crippen LogP contribution in [0.15, 0.2) is 22.6 Å². The zero-order valence-electron chi connectivity index (χ0n) is 14.0. The van der Waals surface area contributed by atoms with Crippen molar-refractivity contribution in [2.24, 2.45) is 11.8 Å². The van der Waals surface area contributed by atoms with Crippen molar-refractivity contribution in [1.29, 1.82) is 0 Å². The van der Waals surface area contributed by atoms with Crippen LogP contribution in [0.4, 0.5) is 0 Å². The van der Waals surface area contributed by atoms with Crippen molar-refractivity contribution in [2.45, 2.75) is 44.6 Å². The molecule has 5 unspecified atom stereocenters. The minimum atomic E-state index is 0.585. The Morgan fingerprint density at radius 1 is 1.30 bits per heavy atom. The maximum atomic E-state index is 6.47. The van der Waals surface area contributed by atoms with Gasteiger partial charge in [-0.3, -0.25) is 4.90 Å². The molecule has 1 aromatic heterocycles. The predicted molar refractivity (Wildman–Crippen MR) is 91.1 cm³/mol. The van der Waals surface area contributed by atoms with Gasteiger partial charge >= 0.3 is 0 Å². The molecule has 0 spiro atoms. The molecule has 2 saturated heterocycles. The molecule has 5 atom stereocenters. The topological polar surface area (TPSA) is 25.6 Å². The first-order valence-corrected chi connectivity index (χ1v) is 9.12. The molecule has 3 nitrogen and oxygen atoms in total. The van der Waals surface area contributed by atoms with Crippen LogP contribution in [0.25, 0.3) is 11.0 Å². The molecule has 3 heteroatoms. The number of methoxy groups -OCH3 is 1. The van der Waals surface area contributed by atoms with Crippen molar-refractivity contribution in [3.05, 3.63) is 29.5 Å². The number of nitrogens with zero attached hydrogens (tertiary/aromatic N) is 1. The molecule has 4 heterocycles. The SMILES string of the molecule is CCC1CC2CC3c4oc5c(OC)cccc5c4CCN(C2)C13. The van der Waals surface area contributed by atoms with E-state index < -0.39 is 0 Å². The van der Waals surface area contributed by atoms with Crippen LogP contribution in [-0.4, -0.2) is 31.1 Å². The number of ether oxygens (including phenoxy) is 1. The lowest BCUT2D eigenvalue weighted by Crippen LogP contribution is -2.56. The largest absolute Gasteiger partial charge is 0.493 e. The standard InChI is InChI=1S/C20H25NO2/c1-3-13-9-12-10-16-18(13)21(11-12)8-7-15-14-5-4-6-17(22-2)20(14)23-19(15)16/h4-6,12-13,16,18H,3,7-11H2,1-2H3. The first-order chi connectivity index (χ1) is 11.3. The number of piperidine rings is 2. The minimum absolute atomic E-state index is 0.585. The second-order valence-electron chi connectivity index (χ2n) is 7.63. The summed E-state index contributed by atoms with van der Waals surface area (Å²) in [6.07, 6.45) is 5.15. The molecule has 4 bridgehead atoms. The lowest BCUT2D eigenvalue weighted by Gasteiger charge is -2.52. The van der Waals surface area contributed by atoms with Gasteiger partial charge in [0.25, 0.3) is 0 Å². The molecular weight excluding hydrogens is 286 g/mol. The molecule has 122 valence electrons. The number of benzene rings is 1. The van der Waals surface area contributed by atoms with Gasteiger partial charge in [0.15, 0.2) is 11.3 Å². The summed E-state index contributed by atoms with van der Waals surface area (Å²) in [5.74, 6) is 4.44. The fraction of sp³-hybridized carbons (Fsp3) is 0.600. The van der Waals surface area contributed by atoms with Crippen LogP contribution in [0.1, 0.15) is 43.4 Å². The molecule has 1 aliphatic carbocycles. The summed E-state index contributed by atoms with van der Waals surface area (Å²) in [6, 6.07) is 7.01. The van der Waals surface area contributed by atoms with Crippen LogP contribution < -0.4 is 4.74 Å². The highest BCUT2D eigenvalue weighted by atomic mass is 16.5. The van der Waals surface area contributed by atoms with Gasteiger partial charge in [-0.05, 0) is 37.2 Å². The molecule has 4 aliphatic rings. The molecule has 23 heavy (non-hydrogen) atoms. The average Bonchev–Trinajstić information content (AvgIpc) is 2.93. The number of hydrogen-bond donors (Lipinski definition) is 0. The van der Waals surface area contributed by atoms with Crippen LogP contribution in [0.5, 0.6) is 5.75 Å². The third-order valence-electron chi connectivity index (χ3n) is 6.58. The number of rotatable bonds is 2. The fourth-order valence-electron chi connectivity index (χ4n) is 5.69. The normalized spacial score (nSPS) is 35.1. The Morgan fingerprint density at radius 2 is 2.22 bits per heavy atom. The van der Waals surface area contributed by atoms with Crippen molar-refractivity contribution in [1.82, 2.24) is 4.90 Å². The molecule has 0 radical (unpaired) electrons. The van der Waals surface area contributed by atoms with Crippen LogP contribution in [0.3, 0.4) is 0 Å². The molecule has 0 amide bonds. The highest BCUT2D eigenvalue weighted by molar-refractivity contribution is 5.87. The van der Waals surface area contributed by atoms with Gasteiger partial charge < -0.3 is 9.15 Å². The Balaban J connectivity index is 1.69. The van der Waals surface area contributed by atoms with Crippen molar-refractivity contribution in [2.75, 3.05) is 20.2 Å². The summed E-state index contributed by atoms with van der Waals surface area (Å²) in [5, 5.41) is 1.28. The monoisotopic (exact) mass is 311 g/mol. The van der Waals surface area contributed by atoms with Crippen molar-refractivity contribution in [3.8, 4) is 5.75 Å². The van der Waals surface area contributed by atoms with Gasteiger partial charge in [-0.15, -0.1) is 0 Å². The van der Waals surface area contributed by atoms with E-state index in [1.54, 1.807) is 7.11 Å². The molecule has 1 saturated carbocycles. The van der Waals surface area contributed by atoms with Gasteiger partial charge in [0.1, 0.15) is 5.76 Å². The third kappa shape index (κ3) is 1.86. The van der Waals surface area contributed by atoms with E-state index in [0.29, 0.717) is 12.0 Å². The molecule has 1 aromatic carbocycles. The van der Waals surface area contributed by atoms with Gasteiger partial charge in [0.05, 0.1) is 7.11 Å². The molecular formula is C20H25NO2. The molecule has 2 aromatic rings. The van der Waals surface area contributed by atoms with E-state index in [9.17, 15) is 0 Å². The maximum Gasteiger partial charge on any atom is 0.176 e. The lowest BCUT2D eigenvalue weighted by molar-refractivity contribution is -0.0169. The number of furan rings is 1. The van der Waals surface area contributed by atoms with Crippen LogP contribution in [-0.2, 0) is 6.42 Å². The van der Waals surface area contributed by atoms with Gasteiger partial charge in [0, 0.05) is 36.0 Å². The maximum absolute atomic E-state index is 6.47. The Kier molecular flexibility index (Phi) is 3.03. The number of para-hydroxylation sites is 1. The van der Waals surface area contributed by atoms with Crippen LogP contribution in [0.2, 0.25) is 0 Å². The molecule has 6 rings (SSSR count). The molecule has 3 aliphatic heterocycles. The summed E-state index contributed by atoms with van der Waals surface area (Å²) in [6.45, 7) is 4.86. The summed E-state index contributed by atoms with van der Waals surface area (Å²) >= 11 is 0. The second kappa shape index (κ2) is 5.01. The molecule has 0 N–H and O–H groups in total. The zero-order valence-corrected chi connectivity index (χ0v) is 14.0. The fourth-order valence-corrected chi connectivity index (χ4v) is 5.69. The van der Waals surface area contributed by atoms with Gasteiger partial charge in [0.2, 0.25) is 0 Å². The summed E-state index contributed by atoms with van der Waals surface area (Å²) in [4.78, 5) is 2.78. The zero-order chi connectivity index (χ0) is 15.6. The van der Waals surface area contributed by atoms with E-state index in [-0.39, 0.29) is 0 Å². The van der Waals surface area contributed by atoms with Gasteiger partial charge in [-0.1, -0.05) is 25.5 Å². The van der Waals surface area contributed by atoms with E-state index in [0.717, 1.165) is 29.6 Å². The quantitative estimate of drug-likeness (QED) is 0.831. The van der Waals surface area contributed by atoms with Crippen molar-refractivity contribution < 1.29 is 9.15 Å². The van der Waals surface area contributed by atoms with Crippen LogP contribution >= 0.6 is 0 Å². The Morgan fingerprint density at radius 3 is 3.04 bits per heavy atom. The van der Waals surface area contributed by atoms with Crippen molar-refractivity contribution >= 4 is 11.0 Å². The Bertz CT molecular complexity index is 749. The number of fused-ring (bicyclic) bond motifs is 4. The van der Waals surface area contributed by atoms with Crippen LogP contribution in [0, 0.1) is 11.8 Å². The van der Waals surface area contributed by atoms with Crippen molar-refractivity contribution in [3.63, 3.8) is 0 Å². The Hall–Kier alpha value is -1.48. The van der Waals surface area contributed by atoms with Gasteiger partial charge in [-0.2, -0.15) is 0 Å².